The van der Waals surface area contributed by atoms with Crippen LogP contribution >= 0.6 is 0 Å². The smallest absolute Gasteiger partial charge is 0.0461 e. The highest BCUT2D eigenvalue weighted by molar-refractivity contribution is 5.73. The molecular weight excluding hydrogens is 314 g/mol. The first-order valence-electron chi connectivity index (χ1n) is 9.08. The Morgan fingerprint density at radius 3 is 1.88 bits per heavy atom. The van der Waals surface area contributed by atoms with Crippen LogP contribution in [0.3, 0.4) is 0 Å². The number of anilines is 2. The predicted molar refractivity (Wildman–Crippen MR) is 114 cm³/mol. The van der Waals surface area contributed by atoms with Crippen molar-refractivity contribution >= 4 is 11.4 Å². The topological polar surface area (TPSA) is 3.24 Å². The molecule has 1 heteroatoms. The highest BCUT2D eigenvalue weighted by Crippen LogP contribution is 2.32. The molecular formula is C25H25N. The van der Waals surface area contributed by atoms with Crippen molar-refractivity contribution in [1.82, 2.24) is 0 Å². The molecule has 0 N–H and O–H groups in total. The lowest BCUT2D eigenvalue weighted by molar-refractivity contribution is 1.14. The van der Waals surface area contributed by atoms with Crippen LogP contribution in [0.15, 0.2) is 103 Å². The van der Waals surface area contributed by atoms with E-state index in [1.807, 2.05) is 12.1 Å². The Labute approximate surface area is 156 Å². The largest absolute Gasteiger partial charge is 0.311 e. The van der Waals surface area contributed by atoms with Crippen molar-refractivity contribution in [2.45, 2.75) is 20.3 Å². The van der Waals surface area contributed by atoms with Crippen LogP contribution in [0, 0.1) is 6.92 Å². The molecule has 0 radical (unpaired) electrons. The Kier molecular flexibility index (Phi) is 5.70. The zero-order valence-electron chi connectivity index (χ0n) is 15.5. The molecule has 3 aromatic rings. The van der Waals surface area contributed by atoms with Crippen LogP contribution in [0.2, 0.25) is 0 Å². The number of benzene rings is 3. The highest BCUT2D eigenvalue weighted by Gasteiger charge is 2.12. The van der Waals surface area contributed by atoms with Gasteiger partial charge in [-0.15, -0.1) is 0 Å². The van der Waals surface area contributed by atoms with Crippen molar-refractivity contribution in [3.05, 3.63) is 109 Å². The average Bonchev–Trinajstić information content (AvgIpc) is 2.69. The van der Waals surface area contributed by atoms with Gasteiger partial charge >= 0.3 is 0 Å². The lowest BCUT2D eigenvalue weighted by Gasteiger charge is -2.26. The van der Waals surface area contributed by atoms with Crippen LogP contribution in [0.25, 0.3) is 11.1 Å². The predicted octanol–water partition coefficient (Wildman–Crippen LogP) is 7.28. The van der Waals surface area contributed by atoms with Gasteiger partial charge in [-0.1, -0.05) is 79.7 Å². The molecule has 0 aliphatic carbocycles. The summed E-state index contributed by atoms with van der Waals surface area (Å²) in [6.07, 6.45) is 5.09. The molecule has 0 aliphatic rings. The van der Waals surface area contributed by atoms with E-state index in [-0.39, 0.29) is 0 Å². The second-order valence-corrected chi connectivity index (χ2v) is 6.33. The molecule has 1 nitrogen and oxygen atoms in total. The number of allylic oxidation sites excluding steroid dienone is 2. The molecule has 0 amide bonds. The number of para-hydroxylation sites is 1. The molecule has 0 aromatic heterocycles. The summed E-state index contributed by atoms with van der Waals surface area (Å²) >= 11 is 0. The van der Waals surface area contributed by atoms with E-state index in [0.717, 1.165) is 23.5 Å². The lowest BCUT2D eigenvalue weighted by atomic mass is 10.0. The number of hydrogen-bond acceptors (Lipinski definition) is 1. The summed E-state index contributed by atoms with van der Waals surface area (Å²) in [5.74, 6) is 0. The van der Waals surface area contributed by atoms with Gasteiger partial charge in [-0.05, 0) is 54.8 Å². The van der Waals surface area contributed by atoms with Gasteiger partial charge in [0.1, 0.15) is 0 Å². The van der Waals surface area contributed by atoms with Crippen LogP contribution in [0.4, 0.5) is 11.4 Å². The second-order valence-electron chi connectivity index (χ2n) is 6.33. The summed E-state index contributed by atoms with van der Waals surface area (Å²) in [6, 6.07) is 27.8. The van der Waals surface area contributed by atoms with Gasteiger partial charge in [0.15, 0.2) is 0 Å². The Hall–Kier alpha value is -3.06. The van der Waals surface area contributed by atoms with Crippen molar-refractivity contribution in [1.29, 1.82) is 0 Å². The van der Waals surface area contributed by atoms with Gasteiger partial charge < -0.3 is 4.90 Å². The van der Waals surface area contributed by atoms with E-state index >= 15 is 0 Å². The maximum absolute atomic E-state index is 4.01. The summed E-state index contributed by atoms with van der Waals surface area (Å²) in [5.41, 5.74) is 7.10. The van der Waals surface area contributed by atoms with Crippen LogP contribution in [-0.4, -0.2) is 0 Å². The first kappa shape index (κ1) is 17.8. The van der Waals surface area contributed by atoms with E-state index in [9.17, 15) is 0 Å². The first-order valence-corrected chi connectivity index (χ1v) is 9.08. The zero-order chi connectivity index (χ0) is 18.4. The molecule has 3 aromatic carbocycles. The van der Waals surface area contributed by atoms with E-state index in [0.29, 0.717) is 0 Å². The van der Waals surface area contributed by atoms with Gasteiger partial charge in [-0.2, -0.15) is 0 Å². The summed E-state index contributed by atoms with van der Waals surface area (Å²) in [7, 11) is 0. The third-order valence-electron chi connectivity index (χ3n) is 4.41. The molecule has 3 rings (SSSR count). The standard InChI is InChI=1S/C25H25N/c1-4-9-23(5-2)26(24-10-7-6-8-11-24)25-18-16-22(17-19-25)21-14-12-20(3)13-15-21/h5-19H,2,4H2,1,3H3/b23-9+. The van der Waals surface area contributed by atoms with Crippen molar-refractivity contribution in [3.63, 3.8) is 0 Å². The summed E-state index contributed by atoms with van der Waals surface area (Å²) in [5, 5.41) is 0. The fourth-order valence-electron chi connectivity index (χ4n) is 3.05. The minimum atomic E-state index is 0.964. The molecule has 0 heterocycles. The fourth-order valence-corrected chi connectivity index (χ4v) is 3.05. The number of rotatable bonds is 6. The van der Waals surface area contributed by atoms with Gasteiger partial charge in [0.25, 0.3) is 0 Å². The van der Waals surface area contributed by atoms with Crippen LogP contribution < -0.4 is 4.90 Å². The van der Waals surface area contributed by atoms with Crippen molar-refractivity contribution in [2.24, 2.45) is 0 Å². The monoisotopic (exact) mass is 339 g/mol. The number of nitrogens with zero attached hydrogens (tertiary/aromatic N) is 1. The maximum Gasteiger partial charge on any atom is 0.0461 e. The molecule has 130 valence electrons. The van der Waals surface area contributed by atoms with Gasteiger partial charge in [-0.25, -0.2) is 0 Å². The van der Waals surface area contributed by atoms with E-state index in [1.54, 1.807) is 0 Å². The normalized spacial score (nSPS) is 11.2. The second kappa shape index (κ2) is 8.35. The lowest BCUT2D eigenvalue weighted by Crippen LogP contribution is -2.14. The molecule has 0 atom stereocenters. The third kappa shape index (κ3) is 3.94. The molecule has 0 fully saturated rings. The van der Waals surface area contributed by atoms with Crippen LogP contribution in [0.5, 0.6) is 0 Å². The Balaban J connectivity index is 2.00. The van der Waals surface area contributed by atoms with Crippen molar-refractivity contribution in [3.8, 4) is 11.1 Å². The summed E-state index contributed by atoms with van der Waals surface area (Å²) in [4.78, 5) is 2.25. The molecule has 26 heavy (non-hydrogen) atoms. The maximum atomic E-state index is 4.01. The van der Waals surface area contributed by atoms with Crippen molar-refractivity contribution in [2.75, 3.05) is 4.90 Å². The molecule has 0 saturated heterocycles. The Morgan fingerprint density at radius 1 is 0.808 bits per heavy atom. The number of hydrogen-bond donors (Lipinski definition) is 0. The minimum absolute atomic E-state index is 0.964. The highest BCUT2D eigenvalue weighted by atomic mass is 15.1. The summed E-state index contributed by atoms with van der Waals surface area (Å²) < 4.78 is 0. The van der Waals surface area contributed by atoms with Gasteiger partial charge in [0, 0.05) is 17.1 Å². The van der Waals surface area contributed by atoms with Crippen LogP contribution in [0.1, 0.15) is 18.9 Å². The SMILES string of the molecule is C=C/C(=C\CC)N(c1ccccc1)c1ccc(-c2ccc(C)cc2)cc1. The zero-order valence-corrected chi connectivity index (χ0v) is 15.5. The Morgan fingerprint density at radius 2 is 1.35 bits per heavy atom. The van der Waals surface area contributed by atoms with E-state index < -0.39 is 0 Å². The van der Waals surface area contributed by atoms with Crippen LogP contribution in [-0.2, 0) is 0 Å². The molecule has 0 spiro atoms. The third-order valence-corrected chi connectivity index (χ3v) is 4.41. The first-order chi connectivity index (χ1) is 12.7. The molecule has 0 bridgehead atoms. The number of aryl methyl sites for hydroxylation is 1. The van der Waals surface area contributed by atoms with Gasteiger partial charge in [0.2, 0.25) is 0 Å². The van der Waals surface area contributed by atoms with E-state index in [2.05, 4.69) is 104 Å². The van der Waals surface area contributed by atoms with E-state index in [4.69, 9.17) is 0 Å². The van der Waals surface area contributed by atoms with Gasteiger partial charge in [0.05, 0.1) is 0 Å². The van der Waals surface area contributed by atoms with Gasteiger partial charge in [-0.3, -0.25) is 0 Å². The molecule has 0 aliphatic heterocycles. The molecule has 0 saturated carbocycles. The quantitative estimate of drug-likeness (QED) is 0.426. The molecule has 0 unspecified atom stereocenters. The summed E-state index contributed by atoms with van der Waals surface area (Å²) in [6.45, 7) is 8.27. The van der Waals surface area contributed by atoms with Crippen molar-refractivity contribution < 1.29 is 0 Å². The van der Waals surface area contributed by atoms with E-state index in [1.165, 1.54) is 16.7 Å². The fraction of sp³-hybridized carbons (Fsp3) is 0.120. The minimum Gasteiger partial charge on any atom is -0.311 e. The Bertz CT molecular complexity index is 872. The average molecular weight is 339 g/mol.